The Labute approximate surface area is 136 Å². The fourth-order valence-electron chi connectivity index (χ4n) is 2.67. The van der Waals surface area contributed by atoms with Crippen molar-refractivity contribution in [2.75, 3.05) is 11.9 Å². The van der Waals surface area contributed by atoms with Crippen molar-refractivity contribution in [2.45, 2.75) is 25.3 Å². The highest BCUT2D eigenvalue weighted by Crippen LogP contribution is 2.33. The van der Waals surface area contributed by atoms with E-state index in [1.165, 1.54) is 23.3 Å². The molecule has 0 radical (unpaired) electrons. The van der Waals surface area contributed by atoms with Crippen molar-refractivity contribution in [3.05, 3.63) is 50.6 Å². The van der Waals surface area contributed by atoms with Gasteiger partial charge in [-0.2, -0.15) is 0 Å². The Morgan fingerprint density at radius 3 is 3.05 bits per heavy atom. The van der Waals surface area contributed by atoms with Gasteiger partial charge in [0.05, 0.1) is 12.2 Å². The minimum atomic E-state index is -0.00995. The standard InChI is InChI=1S/C16H17BrN2OS/c17-12-4-1-2-5-14(12)19-16(20)10-18-13-6-3-7-15-11(13)8-9-21-15/h1-2,4-5,8-9,13,18H,3,6-7,10H2,(H,19,20). The number of halogens is 1. The molecule has 0 bridgehead atoms. The molecule has 1 aromatic heterocycles. The van der Waals surface area contributed by atoms with Crippen LogP contribution < -0.4 is 10.6 Å². The number of amides is 1. The van der Waals surface area contributed by atoms with Gasteiger partial charge in [0.2, 0.25) is 5.91 Å². The van der Waals surface area contributed by atoms with Crippen molar-refractivity contribution in [1.29, 1.82) is 0 Å². The fraction of sp³-hybridized carbons (Fsp3) is 0.312. The van der Waals surface area contributed by atoms with Crippen LogP contribution in [-0.2, 0) is 11.2 Å². The minimum absolute atomic E-state index is 0.00995. The minimum Gasteiger partial charge on any atom is -0.324 e. The second-order valence-corrected chi connectivity index (χ2v) is 7.01. The summed E-state index contributed by atoms with van der Waals surface area (Å²) in [6.45, 7) is 0.335. The topological polar surface area (TPSA) is 41.1 Å². The molecule has 1 unspecified atom stereocenters. The molecule has 1 aliphatic carbocycles. The number of carbonyl (C=O) groups excluding carboxylic acids is 1. The summed E-state index contributed by atoms with van der Waals surface area (Å²) in [6, 6.07) is 10.1. The number of para-hydroxylation sites is 1. The molecule has 21 heavy (non-hydrogen) atoms. The zero-order valence-electron chi connectivity index (χ0n) is 11.6. The number of rotatable bonds is 4. The number of benzene rings is 1. The molecular formula is C16H17BrN2OS. The lowest BCUT2D eigenvalue weighted by molar-refractivity contribution is -0.115. The summed E-state index contributed by atoms with van der Waals surface area (Å²) in [6.07, 6.45) is 3.47. The summed E-state index contributed by atoms with van der Waals surface area (Å²) in [5.41, 5.74) is 2.18. The third kappa shape index (κ3) is 3.54. The molecule has 3 rings (SSSR count). The van der Waals surface area contributed by atoms with Crippen molar-refractivity contribution in [3.63, 3.8) is 0 Å². The van der Waals surface area contributed by atoms with Crippen LogP contribution in [0.2, 0.25) is 0 Å². The highest BCUT2D eigenvalue weighted by molar-refractivity contribution is 9.10. The van der Waals surface area contributed by atoms with Crippen LogP contribution >= 0.6 is 27.3 Å². The SMILES string of the molecule is O=C(CNC1CCCc2sccc21)Nc1ccccc1Br. The molecule has 5 heteroatoms. The van der Waals surface area contributed by atoms with E-state index < -0.39 is 0 Å². The number of aryl methyl sites for hydroxylation is 1. The van der Waals surface area contributed by atoms with E-state index in [1.807, 2.05) is 35.6 Å². The Morgan fingerprint density at radius 2 is 2.19 bits per heavy atom. The van der Waals surface area contributed by atoms with Crippen molar-refractivity contribution < 1.29 is 4.79 Å². The van der Waals surface area contributed by atoms with Crippen molar-refractivity contribution in [3.8, 4) is 0 Å². The first-order valence-corrected chi connectivity index (χ1v) is 8.75. The van der Waals surface area contributed by atoms with Gasteiger partial charge in [-0.25, -0.2) is 0 Å². The number of hydrogen-bond acceptors (Lipinski definition) is 3. The normalized spacial score (nSPS) is 17.3. The van der Waals surface area contributed by atoms with Gasteiger partial charge in [0, 0.05) is 15.4 Å². The van der Waals surface area contributed by atoms with Crippen LogP contribution in [0.25, 0.3) is 0 Å². The lowest BCUT2D eigenvalue weighted by Crippen LogP contribution is -2.32. The van der Waals surface area contributed by atoms with Crippen LogP contribution in [0.1, 0.15) is 29.3 Å². The van der Waals surface area contributed by atoms with Gasteiger partial charge in [0.15, 0.2) is 0 Å². The third-order valence-electron chi connectivity index (χ3n) is 3.71. The molecule has 1 amide bonds. The molecule has 2 aromatic rings. The number of fused-ring (bicyclic) bond motifs is 1. The second kappa shape index (κ2) is 6.73. The lowest BCUT2D eigenvalue weighted by atomic mass is 9.94. The van der Waals surface area contributed by atoms with E-state index in [1.54, 1.807) is 0 Å². The van der Waals surface area contributed by atoms with Gasteiger partial charge < -0.3 is 10.6 Å². The van der Waals surface area contributed by atoms with E-state index in [4.69, 9.17) is 0 Å². The van der Waals surface area contributed by atoms with E-state index in [0.717, 1.165) is 16.6 Å². The Hall–Kier alpha value is -1.17. The largest absolute Gasteiger partial charge is 0.324 e. The van der Waals surface area contributed by atoms with Gasteiger partial charge in [0.25, 0.3) is 0 Å². The van der Waals surface area contributed by atoms with Gasteiger partial charge in [-0.1, -0.05) is 12.1 Å². The van der Waals surface area contributed by atoms with E-state index in [9.17, 15) is 4.79 Å². The van der Waals surface area contributed by atoms with E-state index >= 15 is 0 Å². The smallest absolute Gasteiger partial charge is 0.238 e. The molecule has 0 spiro atoms. The lowest BCUT2D eigenvalue weighted by Gasteiger charge is -2.23. The molecule has 1 atom stereocenters. The first-order chi connectivity index (χ1) is 10.2. The van der Waals surface area contributed by atoms with Crippen LogP contribution in [0.15, 0.2) is 40.2 Å². The Balaban J connectivity index is 1.57. The molecule has 0 saturated carbocycles. The monoisotopic (exact) mass is 364 g/mol. The summed E-state index contributed by atoms with van der Waals surface area (Å²) in [4.78, 5) is 13.5. The number of thiophene rings is 1. The fourth-order valence-corrected chi connectivity index (χ4v) is 4.04. The third-order valence-corrected chi connectivity index (χ3v) is 5.40. The maximum Gasteiger partial charge on any atom is 0.238 e. The van der Waals surface area contributed by atoms with Gasteiger partial charge >= 0.3 is 0 Å². The highest BCUT2D eigenvalue weighted by Gasteiger charge is 2.21. The summed E-state index contributed by atoms with van der Waals surface area (Å²) in [7, 11) is 0. The van der Waals surface area contributed by atoms with Crippen molar-refractivity contribution in [1.82, 2.24) is 5.32 Å². The average Bonchev–Trinajstić information content (AvgIpc) is 2.96. The molecular weight excluding hydrogens is 348 g/mol. The summed E-state index contributed by atoms with van der Waals surface area (Å²) in [5, 5.41) is 8.45. The van der Waals surface area contributed by atoms with Crippen molar-refractivity contribution >= 4 is 38.9 Å². The second-order valence-electron chi connectivity index (χ2n) is 5.15. The van der Waals surface area contributed by atoms with E-state index in [2.05, 4.69) is 38.0 Å². The summed E-state index contributed by atoms with van der Waals surface area (Å²) in [5.74, 6) is -0.00995. The molecule has 0 aliphatic heterocycles. The number of anilines is 1. The van der Waals surface area contributed by atoms with Crippen LogP contribution in [0.5, 0.6) is 0 Å². The maximum atomic E-state index is 12.1. The maximum absolute atomic E-state index is 12.1. The molecule has 110 valence electrons. The molecule has 0 saturated heterocycles. The highest BCUT2D eigenvalue weighted by atomic mass is 79.9. The predicted molar refractivity (Wildman–Crippen MR) is 90.8 cm³/mol. The number of nitrogens with one attached hydrogen (secondary N) is 2. The van der Waals surface area contributed by atoms with Crippen LogP contribution in [0, 0.1) is 0 Å². The number of carbonyl (C=O) groups is 1. The zero-order valence-corrected chi connectivity index (χ0v) is 14.0. The molecule has 2 N–H and O–H groups in total. The Kier molecular flexibility index (Phi) is 4.73. The van der Waals surface area contributed by atoms with Crippen LogP contribution in [-0.4, -0.2) is 12.5 Å². The first-order valence-electron chi connectivity index (χ1n) is 7.08. The summed E-state index contributed by atoms with van der Waals surface area (Å²) < 4.78 is 0.899. The van der Waals surface area contributed by atoms with Gasteiger partial charge in [0.1, 0.15) is 0 Å². The Morgan fingerprint density at radius 1 is 1.33 bits per heavy atom. The molecule has 1 heterocycles. The Bertz CT molecular complexity index is 641. The van der Waals surface area contributed by atoms with Gasteiger partial charge in [-0.15, -0.1) is 11.3 Å². The predicted octanol–water partition coefficient (Wildman–Crippen LogP) is 4.12. The average molecular weight is 365 g/mol. The first kappa shape index (κ1) is 14.8. The van der Waals surface area contributed by atoms with Gasteiger partial charge in [-0.3, -0.25) is 4.79 Å². The van der Waals surface area contributed by atoms with Gasteiger partial charge in [-0.05, 0) is 64.3 Å². The van der Waals surface area contributed by atoms with Crippen molar-refractivity contribution in [2.24, 2.45) is 0 Å². The number of hydrogen-bond donors (Lipinski definition) is 2. The molecule has 3 nitrogen and oxygen atoms in total. The van der Waals surface area contributed by atoms with E-state index in [-0.39, 0.29) is 5.91 Å². The van der Waals surface area contributed by atoms with Crippen LogP contribution in [0.3, 0.4) is 0 Å². The molecule has 0 fully saturated rings. The molecule has 1 aliphatic rings. The van der Waals surface area contributed by atoms with Crippen LogP contribution in [0.4, 0.5) is 5.69 Å². The zero-order chi connectivity index (χ0) is 14.7. The summed E-state index contributed by atoms with van der Waals surface area (Å²) >= 11 is 5.26. The molecule has 1 aromatic carbocycles. The van der Waals surface area contributed by atoms with E-state index in [0.29, 0.717) is 12.6 Å². The quantitative estimate of drug-likeness (QED) is 0.856.